The summed E-state index contributed by atoms with van der Waals surface area (Å²) >= 11 is 7.81. The summed E-state index contributed by atoms with van der Waals surface area (Å²) in [6, 6.07) is -0.328. The Kier molecular flexibility index (Phi) is 3.24. The number of rotatable bonds is 1. The van der Waals surface area contributed by atoms with Crippen LogP contribution in [0.4, 0.5) is 0 Å². The Hall–Kier alpha value is 0.290. The van der Waals surface area contributed by atoms with Gasteiger partial charge in [0.1, 0.15) is 6.10 Å². The van der Waals surface area contributed by atoms with Crippen LogP contribution in [0.3, 0.4) is 0 Å². The van der Waals surface area contributed by atoms with Crippen molar-refractivity contribution in [3.8, 4) is 0 Å². The Bertz CT molecular complexity index is 163. The number of carbonyl (C=O) groups excluding carboxylic acids is 1. The van der Waals surface area contributed by atoms with Crippen LogP contribution in [0.15, 0.2) is 0 Å². The summed E-state index contributed by atoms with van der Waals surface area (Å²) in [5.74, 6) is -0.166. The second kappa shape index (κ2) is 3.80. The SMILES string of the molecule is O=C1C(O)CCCC1N(S)S. The Balaban J connectivity index is 2.58. The van der Waals surface area contributed by atoms with E-state index in [1.165, 1.54) is 3.71 Å². The van der Waals surface area contributed by atoms with Gasteiger partial charge in [-0.15, -0.1) is 0 Å². The van der Waals surface area contributed by atoms with Crippen LogP contribution in [-0.2, 0) is 4.79 Å². The molecule has 2 unspecified atom stereocenters. The number of hydrogen-bond donors (Lipinski definition) is 3. The molecule has 0 amide bonds. The molecule has 1 saturated carbocycles. The van der Waals surface area contributed by atoms with E-state index < -0.39 is 6.10 Å². The van der Waals surface area contributed by atoms with Crippen molar-refractivity contribution >= 4 is 31.4 Å². The molecule has 0 aliphatic heterocycles. The fraction of sp³-hybridized carbons (Fsp3) is 0.833. The van der Waals surface area contributed by atoms with Crippen molar-refractivity contribution in [3.63, 3.8) is 0 Å². The summed E-state index contributed by atoms with van der Waals surface area (Å²) in [4.78, 5) is 11.2. The van der Waals surface area contributed by atoms with E-state index in [-0.39, 0.29) is 11.8 Å². The first kappa shape index (κ1) is 9.38. The van der Waals surface area contributed by atoms with Crippen molar-refractivity contribution in [2.75, 3.05) is 0 Å². The zero-order valence-corrected chi connectivity index (χ0v) is 7.76. The summed E-state index contributed by atoms with van der Waals surface area (Å²) in [5.41, 5.74) is 0. The van der Waals surface area contributed by atoms with Crippen molar-refractivity contribution in [1.82, 2.24) is 3.71 Å². The van der Waals surface area contributed by atoms with Crippen LogP contribution in [0.1, 0.15) is 19.3 Å². The highest BCUT2D eigenvalue weighted by Gasteiger charge is 2.31. The van der Waals surface area contributed by atoms with Crippen molar-refractivity contribution in [2.45, 2.75) is 31.4 Å². The van der Waals surface area contributed by atoms with Crippen LogP contribution in [0.2, 0.25) is 0 Å². The minimum Gasteiger partial charge on any atom is -0.385 e. The lowest BCUT2D eigenvalue weighted by Crippen LogP contribution is -2.41. The zero-order valence-electron chi connectivity index (χ0n) is 5.97. The largest absolute Gasteiger partial charge is 0.385 e. The van der Waals surface area contributed by atoms with E-state index in [9.17, 15) is 4.79 Å². The molecular weight excluding hydrogens is 182 g/mol. The molecule has 1 N–H and O–H groups in total. The Labute approximate surface area is 76.9 Å². The number of nitrogens with zero attached hydrogens (tertiary/aromatic N) is 1. The number of carbonyl (C=O) groups is 1. The van der Waals surface area contributed by atoms with Crippen LogP contribution in [0.5, 0.6) is 0 Å². The van der Waals surface area contributed by atoms with Crippen LogP contribution in [0, 0.1) is 0 Å². The highest BCUT2D eigenvalue weighted by Crippen LogP contribution is 2.22. The quantitative estimate of drug-likeness (QED) is 0.530. The molecule has 0 heterocycles. The highest BCUT2D eigenvalue weighted by atomic mass is 32.2. The first-order valence-electron chi connectivity index (χ1n) is 3.51. The van der Waals surface area contributed by atoms with Crippen molar-refractivity contribution in [2.24, 2.45) is 0 Å². The molecule has 0 saturated heterocycles. The molecule has 2 atom stereocenters. The minimum atomic E-state index is -0.810. The topological polar surface area (TPSA) is 40.5 Å². The summed E-state index contributed by atoms with van der Waals surface area (Å²) in [6.07, 6.45) is 1.36. The van der Waals surface area contributed by atoms with Gasteiger partial charge in [-0.2, -0.15) is 3.71 Å². The minimum absolute atomic E-state index is 0.166. The maximum Gasteiger partial charge on any atom is 0.180 e. The third kappa shape index (κ3) is 2.11. The lowest BCUT2D eigenvalue weighted by atomic mass is 9.92. The van der Waals surface area contributed by atoms with Gasteiger partial charge in [0, 0.05) is 0 Å². The molecule has 1 fully saturated rings. The van der Waals surface area contributed by atoms with E-state index in [1.807, 2.05) is 0 Å². The van der Waals surface area contributed by atoms with Crippen LogP contribution in [0.25, 0.3) is 0 Å². The molecule has 0 spiro atoms. The van der Waals surface area contributed by atoms with Crippen LogP contribution < -0.4 is 0 Å². The molecule has 1 aliphatic carbocycles. The Morgan fingerprint density at radius 1 is 1.45 bits per heavy atom. The van der Waals surface area contributed by atoms with Gasteiger partial charge in [-0.05, 0) is 19.3 Å². The molecule has 0 aromatic rings. The van der Waals surface area contributed by atoms with Gasteiger partial charge >= 0.3 is 0 Å². The molecule has 1 rings (SSSR count). The highest BCUT2D eigenvalue weighted by molar-refractivity contribution is 7.93. The molecule has 11 heavy (non-hydrogen) atoms. The molecular formula is C6H11NO2S2. The summed E-state index contributed by atoms with van der Waals surface area (Å²) in [5, 5.41) is 9.15. The lowest BCUT2D eigenvalue weighted by molar-refractivity contribution is -0.132. The van der Waals surface area contributed by atoms with E-state index in [1.54, 1.807) is 0 Å². The van der Waals surface area contributed by atoms with E-state index in [2.05, 4.69) is 25.6 Å². The first-order chi connectivity index (χ1) is 5.13. The average molecular weight is 193 g/mol. The number of thiol groups is 2. The van der Waals surface area contributed by atoms with Crippen LogP contribution >= 0.6 is 25.6 Å². The third-order valence-electron chi connectivity index (χ3n) is 1.89. The molecule has 0 aromatic heterocycles. The Morgan fingerprint density at radius 3 is 2.55 bits per heavy atom. The first-order valence-corrected chi connectivity index (χ1v) is 4.31. The predicted octanol–water partition coefficient (Wildman–Crippen LogP) is 0.460. The number of aliphatic hydroxyl groups is 1. The van der Waals surface area contributed by atoms with Gasteiger partial charge in [-0.25, -0.2) is 0 Å². The third-order valence-corrected chi connectivity index (χ3v) is 2.45. The summed E-state index contributed by atoms with van der Waals surface area (Å²) < 4.78 is 1.27. The molecule has 0 aromatic carbocycles. The Morgan fingerprint density at radius 2 is 2.09 bits per heavy atom. The van der Waals surface area contributed by atoms with Gasteiger partial charge in [-0.1, -0.05) is 25.6 Å². The van der Waals surface area contributed by atoms with Crippen molar-refractivity contribution in [1.29, 1.82) is 0 Å². The van der Waals surface area contributed by atoms with E-state index in [0.717, 1.165) is 12.8 Å². The van der Waals surface area contributed by atoms with Gasteiger partial charge in [0.15, 0.2) is 5.78 Å². The lowest BCUT2D eigenvalue weighted by Gasteiger charge is -2.27. The normalized spacial score (nSPS) is 32.9. The van der Waals surface area contributed by atoms with Gasteiger partial charge < -0.3 is 5.11 Å². The number of hydrogen-bond acceptors (Lipinski definition) is 5. The fourth-order valence-corrected chi connectivity index (χ4v) is 1.70. The number of ketones is 1. The fourth-order valence-electron chi connectivity index (χ4n) is 1.24. The number of aliphatic hydroxyl groups excluding tert-OH is 1. The van der Waals surface area contributed by atoms with Crippen molar-refractivity contribution in [3.05, 3.63) is 0 Å². The monoisotopic (exact) mass is 193 g/mol. The maximum atomic E-state index is 11.2. The van der Waals surface area contributed by atoms with Gasteiger partial charge in [0.2, 0.25) is 0 Å². The molecule has 5 heteroatoms. The van der Waals surface area contributed by atoms with E-state index >= 15 is 0 Å². The predicted molar refractivity (Wildman–Crippen MR) is 48.5 cm³/mol. The van der Waals surface area contributed by atoms with Gasteiger partial charge in [0.25, 0.3) is 0 Å². The molecule has 0 bridgehead atoms. The molecule has 0 radical (unpaired) electrons. The number of Topliss-reactive ketones (excluding diaryl/α,β-unsaturated/α-hetero) is 1. The standard InChI is InChI=1S/C6H11NO2S2/c8-5-3-1-2-4(6(5)9)7(10)11/h4-5,8,10-11H,1-3H2. The zero-order chi connectivity index (χ0) is 8.43. The summed E-state index contributed by atoms with van der Waals surface area (Å²) in [7, 11) is 0. The van der Waals surface area contributed by atoms with Gasteiger partial charge in [0.05, 0.1) is 6.04 Å². The average Bonchev–Trinajstić information content (AvgIpc) is 1.94. The molecule has 64 valence electrons. The van der Waals surface area contributed by atoms with E-state index in [4.69, 9.17) is 5.11 Å². The van der Waals surface area contributed by atoms with E-state index in [0.29, 0.717) is 6.42 Å². The summed E-state index contributed by atoms with van der Waals surface area (Å²) in [6.45, 7) is 0. The van der Waals surface area contributed by atoms with Crippen molar-refractivity contribution < 1.29 is 9.90 Å². The second-order valence-electron chi connectivity index (χ2n) is 2.69. The second-order valence-corrected chi connectivity index (χ2v) is 3.86. The van der Waals surface area contributed by atoms with Crippen LogP contribution in [-0.4, -0.2) is 26.7 Å². The van der Waals surface area contributed by atoms with Gasteiger partial charge in [-0.3, -0.25) is 4.79 Å². The maximum absolute atomic E-state index is 11.2. The smallest absolute Gasteiger partial charge is 0.180 e. The molecule has 1 aliphatic rings. The molecule has 3 nitrogen and oxygen atoms in total.